The van der Waals surface area contributed by atoms with Crippen molar-refractivity contribution >= 4 is 0 Å². The van der Waals surface area contributed by atoms with Gasteiger partial charge in [0.15, 0.2) is 0 Å². The maximum Gasteiger partial charge on any atom is -0.0133 e. The van der Waals surface area contributed by atoms with Gasteiger partial charge in [0.05, 0.1) is 0 Å². The third-order valence-corrected chi connectivity index (χ3v) is 3.71. The van der Waals surface area contributed by atoms with E-state index in [0.717, 1.165) is 17.8 Å². The van der Waals surface area contributed by atoms with E-state index < -0.39 is 0 Å². The number of benzene rings is 1. The fourth-order valence-corrected chi connectivity index (χ4v) is 2.50. The van der Waals surface area contributed by atoms with Crippen LogP contribution in [0.25, 0.3) is 0 Å². The van der Waals surface area contributed by atoms with Gasteiger partial charge in [-0.3, -0.25) is 0 Å². The Morgan fingerprint density at radius 1 is 1.07 bits per heavy atom. The van der Waals surface area contributed by atoms with Gasteiger partial charge >= 0.3 is 0 Å². The summed E-state index contributed by atoms with van der Waals surface area (Å²) in [5, 5.41) is 0. The molecule has 0 aromatic heterocycles. The minimum absolute atomic E-state index is 0.882. The minimum atomic E-state index is 0.882. The molecule has 0 heterocycles. The van der Waals surface area contributed by atoms with E-state index in [0.29, 0.717) is 0 Å². The Kier molecular flexibility index (Phi) is 1.74. The molecule has 0 nitrogen and oxygen atoms in total. The zero-order chi connectivity index (χ0) is 9.71. The molecule has 0 saturated heterocycles. The summed E-state index contributed by atoms with van der Waals surface area (Å²) >= 11 is 0. The molecule has 0 N–H and O–H groups in total. The zero-order valence-corrected chi connectivity index (χ0v) is 9.09. The Hall–Kier alpha value is -0.780. The number of aryl methyl sites for hydroxylation is 1. The van der Waals surface area contributed by atoms with E-state index in [-0.39, 0.29) is 0 Å². The van der Waals surface area contributed by atoms with Crippen molar-refractivity contribution in [3.63, 3.8) is 0 Å². The van der Waals surface area contributed by atoms with E-state index in [9.17, 15) is 0 Å². The van der Waals surface area contributed by atoms with Crippen molar-refractivity contribution in [2.75, 3.05) is 0 Å². The highest BCUT2D eigenvalue weighted by Gasteiger charge is 2.35. The Balaban J connectivity index is 1.95. The van der Waals surface area contributed by atoms with Gasteiger partial charge in [-0.15, -0.1) is 0 Å². The summed E-state index contributed by atoms with van der Waals surface area (Å²) in [6, 6.07) is 7.24. The van der Waals surface area contributed by atoms with Crippen LogP contribution in [-0.2, 0) is 0 Å². The van der Waals surface area contributed by atoms with Gasteiger partial charge in [-0.1, -0.05) is 30.7 Å². The molecule has 0 spiro atoms. The third kappa shape index (κ3) is 1.47. The molecule has 0 radical (unpaired) electrons. The molecule has 2 aliphatic rings. The molecule has 1 aromatic rings. The van der Waals surface area contributed by atoms with Gasteiger partial charge in [0, 0.05) is 0 Å². The summed E-state index contributed by atoms with van der Waals surface area (Å²) in [7, 11) is 0. The number of hydrogen-bond acceptors (Lipinski definition) is 0. The van der Waals surface area contributed by atoms with Crippen molar-refractivity contribution in [2.24, 2.45) is 5.92 Å². The van der Waals surface area contributed by atoms with Crippen LogP contribution in [0.5, 0.6) is 0 Å². The largest absolute Gasteiger partial charge is 0.0619 e. The first-order valence-electron chi connectivity index (χ1n) is 5.85. The molecule has 3 rings (SSSR count). The Labute approximate surface area is 86.3 Å². The van der Waals surface area contributed by atoms with Crippen molar-refractivity contribution in [2.45, 2.75) is 44.9 Å². The Morgan fingerprint density at radius 3 is 2.29 bits per heavy atom. The SMILES string of the molecule is Cc1cc(C2CC2)cc(C2CC2C)c1. The zero-order valence-electron chi connectivity index (χ0n) is 9.09. The van der Waals surface area contributed by atoms with Gasteiger partial charge in [0.1, 0.15) is 0 Å². The molecule has 2 atom stereocenters. The van der Waals surface area contributed by atoms with Crippen LogP contribution in [0.3, 0.4) is 0 Å². The lowest BCUT2D eigenvalue weighted by atomic mass is 10.00. The van der Waals surface area contributed by atoms with E-state index in [4.69, 9.17) is 0 Å². The molecule has 2 fully saturated rings. The predicted octanol–water partition coefficient (Wildman–Crippen LogP) is 4.00. The van der Waals surface area contributed by atoms with Crippen molar-refractivity contribution < 1.29 is 0 Å². The molecule has 2 saturated carbocycles. The second-order valence-electron chi connectivity index (χ2n) is 5.27. The van der Waals surface area contributed by atoms with Crippen LogP contribution in [0, 0.1) is 12.8 Å². The molecule has 14 heavy (non-hydrogen) atoms. The molecule has 0 heteroatoms. The number of hydrogen-bond donors (Lipinski definition) is 0. The van der Waals surface area contributed by atoms with Crippen molar-refractivity contribution in [3.8, 4) is 0 Å². The maximum absolute atomic E-state index is 2.47. The van der Waals surface area contributed by atoms with Crippen LogP contribution in [-0.4, -0.2) is 0 Å². The van der Waals surface area contributed by atoms with Crippen LogP contribution in [0.4, 0.5) is 0 Å². The molecule has 0 amide bonds. The van der Waals surface area contributed by atoms with Crippen LogP contribution in [0.2, 0.25) is 0 Å². The van der Waals surface area contributed by atoms with Gasteiger partial charge < -0.3 is 0 Å². The van der Waals surface area contributed by atoms with Gasteiger partial charge in [-0.2, -0.15) is 0 Å². The number of rotatable bonds is 2. The minimum Gasteiger partial charge on any atom is -0.0619 e. The highest BCUT2D eigenvalue weighted by atomic mass is 14.4. The molecular formula is C14H18. The second-order valence-corrected chi connectivity index (χ2v) is 5.27. The summed E-state index contributed by atoms with van der Waals surface area (Å²) in [5.74, 6) is 2.72. The van der Waals surface area contributed by atoms with E-state index in [1.165, 1.54) is 24.8 Å². The highest BCUT2D eigenvalue weighted by molar-refractivity contribution is 5.37. The average Bonchev–Trinajstić information content (AvgIpc) is 2.96. The third-order valence-electron chi connectivity index (χ3n) is 3.71. The van der Waals surface area contributed by atoms with Crippen molar-refractivity contribution in [3.05, 3.63) is 34.9 Å². The fourth-order valence-electron chi connectivity index (χ4n) is 2.50. The smallest absolute Gasteiger partial charge is 0.0133 e. The first-order valence-corrected chi connectivity index (χ1v) is 5.85. The van der Waals surface area contributed by atoms with Crippen LogP contribution < -0.4 is 0 Å². The first-order chi connectivity index (χ1) is 6.74. The summed E-state index contributed by atoms with van der Waals surface area (Å²) in [4.78, 5) is 0. The summed E-state index contributed by atoms with van der Waals surface area (Å²) in [6.07, 6.45) is 4.25. The molecule has 74 valence electrons. The van der Waals surface area contributed by atoms with Crippen LogP contribution in [0.1, 0.15) is 54.7 Å². The highest BCUT2D eigenvalue weighted by Crippen LogP contribution is 2.49. The molecule has 0 aliphatic heterocycles. The van der Waals surface area contributed by atoms with Crippen LogP contribution in [0.15, 0.2) is 18.2 Å². The summed E-state index contributed by atoms with van der Waals surface area (Å²) in [5.41, 5.74) is 4.68. The first kappa shape index (κ1) is 8.52. The monoisotopic (exact) mass is 186 g/mol. The normalized spacial score (nSPS) is 30.4. The maximum atomic E-state index is 2.47. The van der Waals surface area contributed by atoms with E-state index in [1.54, 1.807) is 11.1 Å². The molecular weight excluding hydrogens is 168 g/mol. The predicted molar refractivity (Wildman–Crippen MR) is 59.7 cm³/mol. The van der Waals surface area contributed by atoms with Crippen molar-refractivity contribution in [1.82, 2.24) is 0 Å². The standard InChI is InChI=1S/C14H18/c1-9-5-12(11-3-4-11)8-13(6-9)14-7-10(14)2/h5-6,8,10-11,14H,3-4,7H2,1-2H3. The second kappa shape index (κ2) is 2.85. The fraction of sp³-hybridized carbons (Fsp3) is 0.571. The van der Waals surface area contributed by atoms with Crippen LogP contribution >= 0.6 is 0 Å². The van der Waals surface area contributed by atoms with Gasteiger partial charge in [-0.05, 0) is 55.1 Å². The molecule has 2 aliphatic carbocycles. The summed E-state index contributed by atoms with van der Waals surface area (Å²) < 4.78 is 0. The quantitative estimate of drug-likeness (QED) is 0.655. The lowest BCUT2D eigenvalue weighted by Crippen LogP contribution is -1.88. The van der Waals surface area contributed by atoms with E-state index in [1.807, 2.05) is 0 Å². The lowest BCUT2D eigenvalue weighted by Gasteiger charge is -2.05. The van der Waals surface area contributed by atoms with E-state index >= 15 is 0 Å². The van der Waals surface area contributed by atoms with Crippen molar-refractivity contribution in [1.29, 1.82) is 0 Å². The lowest BCUT2D eigenvalue weighted by molar-refractivity contribution is 0.909. The molecule has 2 unspecified atom stereocenters. The Morgan fingerprint density at radius 2 is 1.71 bits per heavy atom. The van der Waals surface area contributed by atoms with Gasteiger partial charge in [0.2, 0.25) is 0 Å². The van der Waals surface area contributed by atoms with Gasteiger partial charge in [-0.25, -0.2) is 0 Å². The van der Waals surface area contributed by atoms with E-state index in [2.05, 4.69) is 32.0 Å². The average molecular weight is 186 g/mol. The topological polar surface area (TPSA) is 0 Å². The molecule has 0 bridgehead atoms. The summed E-state index contributed by atoms with van der Waals surface area (Å²) in [6.45, 7) is 4.60. The molecule has 1 aromatic carbocycles. The van der Waals surface area contributed by atoms with Gasteiger partial charge in [0.25, 0.3) is 0 Å². The Bertz CT molecular complexity index is 360.